The zero-order valence-electron chi connectivity index (χ0n) is 16.9. The molecule has 0 aliphatic rings. The van der Waals surface area contributed by atoms with Gasteiger partial charge in [-0.3, -0.25) is 0 Å². The van der Waals surface area contributed by atoms with Crippen molar-refractivity contribution in [3.63, 3.8) is 0 Å². The van der Waals surface area contributed by atoms with E-state index in [4.69, 9.17) is 4.74 Å². The number of halogens is 2. The van der Waals surface area contributed by atoms with Crippen LogP contribution in [0.4, 0.5) is 14.6 Å². The van der Waals surface area contributed by atoms with E-state index < -0.39 is 5.82 Å². The molecule has 31 heavy (non-hydrogen) atoms. The Kier molecular flexibility index (Phi) is 5.87. The maximum atomic E-state index is 14.4. The van der Waals surface area contributed by atoms with Crippen molar-refractivity contribution >= 4 is 16.9 Å². The van der Waals surface area contributed by atoms with Gasteiger partial charge in [0, 0.05) is 36.0 Å². The van der Waals surface area contributed by atoms with Crippen LogP contribution in [0.2, 0.25) is 0 Å². The maximum absolute atomic E-state index is 14.4. The van der Waals surface area contributed by atoms with Gasteiger partial charge in [-0.25, -0.2) is 23.7 Å². The molecule has 0 aliphatic carbocycles. The van der Waals surface area contributed by atoms with Crippen LogP contribution in [0.1, 0.15) is 24.1 Å². The molecule has 0 bridgehead atoms. The van der Waals surface area contributed by atoms with Crippen LogP contribution in [0.25, 0.3) is 22.4 Å². The van der Waals surface area contributed by atoms with Gasteiger partial charge in [0.2, 0.25) is 0 Å². The zero-order valence-corrected chi connectivity index (χ0v) is 16.9. The predicted octanol–water partition coefficient (Wildman–Crippen LogP) is 4.47. The number of rotatable bonds is 5. The molecule has 0 amide bonds. The van der Waals surface area contributed by atoms with Gasteiger partial charge >= 0.3 is 0 Å². The topological polar surface area (TPSA) is 75.7 Å². The third-order valence-corrected chi connectivity index (χ3v) is 4.69. The molecule has 8 heteroatoms. The van der Waals surface area contributed by atoms with E-state index >= 15 is 0 Å². The summed E-state index contributed by atoms with van der Waals surface area (Å²) in [6.45, 7) is 2.16. The third kappa shape index (κ3) is 4.52. The minimum Gasteiger partial charge on any atom is -0.372 e. The quantitative estimate of drug-likeness (QED) is 0.467. The first-order chi connectivity index (χ1) is 15.0. The Labute approximate surface area is 177 Å². The van der Waals surface area contributed by atoms with Crippen LogP contribution in [0.3, 0.4) is 0 Å². The monoisotopic (exact) mass is 419 g/mol. The number of hydrogen-bond donors (Lipinski definition) is 2. The van der Waals surface area contributed by atoms with E-state index in [1.807, 2.05) is 13.0 Å². The van der Waals surface area contributed by atoms with Gasteiger partial charge in [-0.15, -0.1) is 0 Å². The molecule has 6 nitrogen and oxygen atoms in total. The molecule has 1 atom stereocenters. The van der Waals surface area contributed by atoms with E-state index in [1.54, 1.807) is 31.6 Å². The van der Waals surface area contributed by atoms with Crippen LogP contribution in [0, 0.1) is 23.5 Å². The van der Waals surface area contributed by atoms with Crippen LogP contribution in [-0.4, -0.2) is 33.7 Å². The number of fused-ring (bicyclic) bond motifs is 1. The average Bonchev–Trinajstić information content (AvgIpc) is 3.19. The van der Waals surface area contributed by atoms with Crippen LogP contribution < -0.4 is 5.32 Å². The molecule has 2 N–H and O–H groups in total. The van der Waals surface area contributed by atoms with Gasteiger partial charge in [0.25, 0.3) is 0 Å². The van der Waals surface area contributed by atoms with E-state index in [1.165, 1.54) is 12.1 Å². The number of anilines is 1. The van der Waals surface area contributed by atoms with Crippen LogP contribution >= 0.6 is 0 Å². The minimum atomic E-state index is -0.582. The number of aromatic nitrogens is 4. The minimum absolute atomic E-state index is 0.0557. The first-order valence-electron chi connectivity index (χ1n) is 9.55. The molecule has 1 aromatic carbocycles. The van der Waals surface area contributed by atoms with Crippen LogP contribution in [0.5, 0.6) is 0 Å². The molecule has 4 aromatic rings. The molecular formula is C23H19F2N5O. The van der Waals surface area contributed by atoms with Crippen molar-refractivity contribution in [2.45, 2.75) is 13.0 Å². The second-order valence-electron chi connectivity index (χ2n) is 6.87. The molecular weight excluding hydrogens is 400 g/mol. The highest BCUT2D eigenvalue weighted by Crippen LogP contribution is 2.28. The predicted molar refractivity (Wildman–Crippen MR) is 114 cm³/mol. The summed E-state index contributed by atoms with van der Waals surface area (Å²) in [6.07, 6.45) is 4.51. The van der Waals surface area contributed by atoms with Gasteiger partial charge in [-0.2, -0.15) is 0 Å². The third-order valence-electron chi connectivity index (χ3n) is 4.69. The van der Waals surface area contributed by atoms with Crippen molar-refractivity contribution in [1.82, 2.24) is 19.9 Å². The summed E-state index contributed by atoms with van der Waals surface area (Å²) in [7, 11) is 1.58. The average molecular weight is 419 g/mol. The second-order valence-corrected chi connectivity index (χ2v) is 6.87. The molecule has 156 valence electrons. The summed E-state index contributed by atoms with van der Waals surface area (Å²) in [4.78, 5) is 16.0. The lowest BCUT2D eigenvalue weighted by atomic mass is 10.1. The fourth-order valence-electron chi connectivity index (χ4n) is 3.11. The Morgan fingerprint density at radius 3 is 2.74 bits per heavy atom. The van der Waals surface area contributed by atoms with Crippen molar-refractivity contribution in [2.24, 2.45) is 0 Å². The van der Waals surface area contributed by atoms with Gasteiger partial charge in [0.1, 0.15) is 18.1 Å². The van der Waals surface area contributed by atoms with Crippen molar-refractivity contribution < 1.29 is 13.5 Å². The fourth-order valence-corrected chi connectivity index (χ4v) is 3.11. The summed E-state index contributed by atoms with van der Waals surface area (Å²) in [6, 6.07) is 7.60. The highest BCUT2D eigenvalue weighted by atomic mass is 19.1. The van der Waals surface area contributed by atoms with Gasteiger partial charge in [-0.05, 0) is 30.7 Å². The number of pyridine rings is 1. The lowest BCUT2D eigenvalue weighted by Gasteiger charge is -2.15. The molecule has 0 fully saturated rings. The van der Waals surface area contributed by atoms with Crippen LogP contribution in [0.15, 0.2) is 48.9 Å². The molecule has 3 heterocycles. The maximum Gasteiger partial charge on any atom is 0.183 e. The molecule has 0 spiro atoms. The number of hydrogen-bond acceptors (Lipinski definition) is 5. The van der Waals surface area contributed by atoms with Gasteiger partial charge < -0.3 is 15.0 Å². The van der Waals surface area contributed by atoms with Crippen LogP contribution in [-0.2, 0) is 4.74 Å². The van der Waals surface area contributed by atoms with E-state index in [-0.39, 0.29) is 17.7 Å². The van der Waals surface area contributed by atoms with E-state index in [2.05, 4.69) is 37.1 Å². The molecule has 0 saturated carbocycles. The summed E-state index contributed by atoms with van der Waals surface area (Å²) in [5.74, 6) is 5.36. The fraction of sp³-hybridized carbons (Fsp3) is 0.174. The Hall–Kier alpha value is -3.83. The second kappa shape index (κ2) is 8.90. The summed E-state index contributed by atoms with van der Waals surface area (Å²) < 4.78 is 32.5. The first-order valence-corrected chi connectivity index (χ1v) is 9.55. The van der Waals surface area contributed by atoms with Crippen molar-refractivity contribution in [1.29, 1.82) is 0 Å². The van der Waals surface area contributed by atoms with E-state index in [0.29, 0.717) is 23.6 Å². The lowest BCUT2D eigenvalue weighted by Crippen LogP contribution is -2.10. The largest absolute Gasteiger partial charge is 0.372 e. The standard InChI is InChI=1S/C23H19F2N5O/c1-14(16-5-7-17(24)8-6-16)29-23-20(25)13-28-22(30-23)19-12-27-21-18(19)10-15(11-26-21)4-3-9-31-2/h5-8,10-14H,9H2,1-2H3,(H,26,27)(H,28,29,30)/t14-/m0/s1. The molecule has 0 radical (unpaired) electrons. The summed E-state index contributed by atoms with van der Waals surface area (Å²) in [5.41, 5.74) is 2.84. The van der Waals surface area contributed by atoms with Gasteiger partial charge in [-0.1, -0.05) is 24.0 Å². The SMILES string of the molecule is COCC#Cc1cnc2[nH]cc(-c3ncc(F)c(N[C@@H](C)c4ccc(F)cc4)n3)c2c1. The number of H-pyrrole nitrogens is 1. The Bertz CT molecular complexity index is 1270. The van der Waals surface area contributed by atoms with Gasteiger partial charge in [0.05, 0.1) is 12.2 Å². The molecule has 3 aromatic heterocycles. The first kappa shape index (κ1) is 20.4. The van der Waals surface area contributed by atoms with E-state index in [0.717, 1.165) is 22.7 Å². The van der Waals surface area contributed by atoms with Crippen molar-refractivity contribution in [2.75, 3.05) is 19.0 Å². The number of ether oxygens (including phenoxy) is 1. The van der Waals surface area contributed by atoms with Crippen molar-refractivity contribution in [3.05, 3.63) is 71.7 Å². The normalized spacial score (nSPS) is 11.7. The number of aromatic amines is 1. The Morgan fingerprint density at radius 2 is 1.97 bits per heavy atom. The highest BCUT2D eigenvalue weighted by Gasteiger charge is 2.15. The summed E-state index contributed by atoms with van der Waals surface area (Å²) in [5, 5.41) is 3.80. The Morgan fingerprint density at radius 1 is 1.16 bits per heavy atom. The lowest BCUT2D eigenvalue weighted by molar-refractivity contribution is 0.240. The van der Waals surface area contributed by atoms with Crippen molar-refractivity contribution in [3.8, 4) is 23.2 Å². The highest BCUT2D eigenvalue weighted by molar-refractivity contribution is 5.92. The Balaban J connectivity index is 1.66. The molecule has 0 saturated heterocycles. The number of methoxy groups -OCH3 is 1. The number of benzene rings is 1. The summed E-state index contributed by atoms with van der Waals surface area (Å²) >= 11 is 0. The van der Waals surface area contributed by atoms with E-state index in [9.17, 15) is 8.78 Å². The van der Waals surface area contributed by atoms with Gasteiger partial charge in [0.15, 0.2) is 17.5 Å². The zero-order chi connectivity index (χ0) is 21.8. The molecule has 0 unspecified atom stereocenters. The molecule has 0 aliphatic heterocycles. The smallest absolute Gasteiger partial charge is 0.183 e. The number of nitrogens with zero attached hydrogens (tertiary/aromatic N) is 3. The number of nitrogens with one attached hydrogen (secondary N) is 2. The molecule has 4 rings (SSSR count).